The average molecular weight is 292 g/mol. The predicted octanol–water partition coefficient (Wildman–Crippen LogP) is 2.54. The molecule has 0 saturated heterocycles. The van der Waals surface area contributed by atoms with E-state index < -0.39 is 0 Å². The number of hydrogen-bond donors (Lipinski definition) is 0. The van der Waals surface area contributed by atoms with Gasteiger partial charge in [0.05, 0.1) is 5.56 Å². The number of aromatic nitrogens is 3. The molecule has 0 fully saturated rings. The van der Waals surface area contributed by atoms with Crippen LogP contribution in [-0.2, 0) is 6.54 Å². The largest absolute Gasteiger partial charge is 0.337 e. The van der Waals surface area contributed by atoms with Gasteiger partial charge in [-0.05, 0) is 23.8 Å². The number of nitrogens with zero attached hydrogens (tertiary/aromatic N) is 4. The van der Waals surface area contributed by atoms with E-state index in [0.29, 0.717) is 17.9 Å². The van der Waals surface area contributed by atoms with E-state index in [2.05, 4.69) is 10.1 Å². The third kappa shape index (κ3) is 3.03. The molecule has 3 rings (SSSR count). The van der Waals surface area contributed by atoms with E-state index in [1.807, 2.05) is 42.6 Å². The molecule has 22 heavy (non-hydrogen) atoms. The number of benzene rings is 1. The summed E-state index contributed by atoms with van der Waals surface area (Å²) in [7, 11) is 1.79. The van der Waals surface area contributed by atoms with Crippen molar-refractivity contribution in [1.82, 2.24) is 19.7 Å². The predicted molar refractivity (Wildman–Crippen MR) is 83.6 cm³/mol. The second-order valence-electron chi connectivity index (χ2n) is 5.00. The fraction of sp³-hybridized carbons (Fsp3) is 0.118. The van der Waals surface area contributed by atoms with Crippen molar-refractivity contribution in [3.05, 3.63) is 78.2 Å². The first-order chi connectivity index (χ1) is 10.7. The van der Waals surface area contributed by atoms with Gasteiger partial charge in [-0.1, -0.05) is 30.3 Å². The summed E-state index contributed by atoms with van der Waals surface area (Å²) in [6.07, 6.45) is 5.08. The van der Waals surface area contributed by atoms with Crippen molar-refractivity contribution in [2.45, 2.75) is 6.54 Å². The number of rotatable bonds is 4. The van der Waals surface area contributed by atoms with E-state index in [0.717, 1.165) is 5.56 Å². The molecule has 0 radical (unpaired) electrons. The second kappa shape index (κ2) is 6.22. The van der Waals surface area contributed by atoms with Crippen LogP contribution in [0.15, 0.2) is 67.1 Å². The lowest BCUT2D eigenvalue weighted by atomic mass is 10.2. The average Bonchev–Trinajstić information content (AvgIpc) is 3.10. The van der Waals surface area contributed by atoms with Crippen LogP contribution < -0.4 is 0 Å². The Morgan fingerprint density at radius 2 is 1.95 bits per heavy atom. The van der Waals surface area contributed by atoms with Crippen molar-refractivity contribution in [2.24, 2.45) is 0 Å². The maximum Gasteiger partial charge on any atom is 0.255 e. The number of hydrogen-bond acceptors (Lipinski definition) is 3. The summed E-state index contributed by atoms with van der Waals surface area (Å²) in [5, 5.41) is 4.11. The van der Waals surface area contributed by atoms with Crippen molar-refractivity contribution in [3.63, 3.8) is 0 Å². The van der Waals surface area contributed by atoms with Gasteiger partial charge in [-0.3, -0.25) is 4.79 Å². The van der Waals surface area contributed by atoms with Crippen LogP contribution in [0.2, 0.25) is 0 Å². The minimum Gasteiger partial charge on any atom is -0.337 e. The molecular formula is C17H16N4O. The van der Waals surface area contributed by atoms with Gasteiger partial charge in [0.15, 0.2) is 5.82 Å². The summed E-state index contributed by atoms with van der Waals surface area (Å²) in [4.78, 5) is 18.4. The summed E-state index contributed by atoms with van der Waals surface area (Å²) in [6.45, 7) is 0.570. The smallest absolute Gasteiger partial charge is 0.255 e. The highest BCUT2D eigenvalue weighted by Gasteiger charge is 2.12. The first-order valence-electron chi connectivity index (χ1n) is 6.99. The Morgan fingerprint density at radius 1 is 1.14 bits per heavy atom. The highest BCUT2D eigenvalue weighted by Crippen LogP contribution is 2.09. The molecular weight excluding hydrogens is 276 g/mol. The highest BCUT2D eigenvalue weighted by molar-refractivity contribution is 5.93. The zero-order valence-corrected chi connectivity index (χ0v) is 12.3. The van der Waals surface area contributed by atoms with Gasteiger partial charge in [0, 0.05) is 32.2 Å². The van der Waals surface area contributed by atoms with E-state index >= 15 is 0 Å². The highest BCUT2D eigenvalue weighted by atomic mass is 16.2. The normalized spacial score (nSPS) is 10.4. The molecule has 0 bridgehead atoms. The summed E-state index contributed by atoms with van der Waals surface area (Å²) in [5.41, 5.74) is 1.66. The molecule has 0 atom stereocenters. The first-order valence-corrected chi connectivity index (χ1v) is 6.99. The molecule has 0 saturated carbocycles. The molecule has 0 N–H and O–H groups in total. The summed E-state index contributed by atoms with van der Waals surface area (Å²) in [5.74, 6) is 0.635. The van der Waals surface area contributed by atoms with Crippen LogP contribution in [0, 0.1) is 0 Å². The fourth-order valence-corrected chi connectivity index (χ4v) is 2.20. The molecule has 0 aliphatic carbocycles. The molecule has 0 unspecified atom stereocenters. The SMILES string of the molecule is CN(Cc1ccccc1)C(=O)c1ccc(-n2cccn2)nc1. The Kier molecular flexibility index (Phi) is 3.96. The zero-order valence-electron chi connectivity index (χ0n) is 12.3. The van der Waals surface area contributed by atoms with Crippen LogP contribution in [0.1, 0.15) is 15.9 Å². The Morgan fingerprint density at radius 3 is 2.59 bits per heavy atom. The summed E-state index contributed by atoms with van der Waals surface area (Å²) < 4.78 is 1.65. The fourth-order valence-electron chi connectivity index (χ4n) is 2.20. The molecule has 1 aromatic carbocycles. The quantitative estimate of drug-likeness (QED) is 0.742. The van der Waals surface area contributed by atoms with Crippen LogP contribution >= 0.6 is 0 Å². The van der Waals surface area contributed by atoms with E-state index in [1.54, 1.807) is 41.2 Å². The maximum absolute atomic E-state index is 12.4. The number of amides is 1. The molecule has 5 heteroatoms. The van der Waals surface area contributed by atoms with E-state index in [-0.39, 0.29) is 5.91 Å². The van der Waals surface area contributed by atoms with Gasteiger partial charge in [0.1, 0.15) is 0 Å². The van der Waals surface area contributed by atoms with Gasteiger partial charge in [0.2, 0.25) is 0 Å². The molecule has 110 valence electrons. The molecule has 2 aromatic heterocycles. The van der Waals surface area contributed by atoms with Crippen LogP contribution in [-0.4, -0.2) is 32.6 Å². The van der Waals surface area contributed by atoms with E-state index in [4.69, 9.17) is 0 Å². The van der Waals surface area contributed by atoms with Gasteiger partial charge < -0.3 is 4.90 Å². The zero-order chi connectivity index (χ0) is 15.4. The van der Waals surface area contributed by atoms with E-state index in [9.17, 15) is 4.79 Å². The minimum atomic E-state index is -0.0524. The van der Waals surface area contributed by atoms with Crippen LogP contribution in [0.4, 0.5) is 0 Å². The number of pyridine rings is 1. The molecule has 3 aromatic rings. The lowest BCUT2D eigenvalue weighted by molar-refractivity contribution is 0.0784. The molecule has 0 aliphatic heterocycles. The molecule has 5 nitrogen and oxygen atoms in total. The van der Waals surface area contributed by atoms with Crippen LogP contribution in [0.3, 0.4) is 0 Å². The maximum atomic E-state index is 12.4. The Balaban J connectivity index is 1.72. The molecule has 1 amide bonds. The van der Waals surface area contributed by atoms with Crippen molar-refractivity contribution >= 4 is 5.91 Å². The minimum absolute atomic E-state index is 0.0524. The molecule has 2 heterocycles. The van der Waals surface area contributed by atoms with Crippen LogP contribution in [0.25, 0.3) is 5.82 Å². The van der Waals surface area contributed by atoms with Gasteiger partial charge >= 0.3 is 0 Å². The van der Waals surface area contributed by atoms with Crippen molar-refractivity contribution < 1.29 is 4.79 Å². The Hall–Kier alpha value is -2.95. The topological polar surface area (TPSA) is 51.0 Å². The lowest BCUT2D eigenvalue weighted by Gasteiger charge is -2.17. The van der Waals surface area contributed by atoms with Crippen molar-refractivity contribution in [3.8, 4) is 5.82 Å². The third-order valence-corrected chi connectivity index (χ3v) is 3.34. The second-order valence-corrected chi connectivity index (χ2v) is 5.00. The third-order valence-electron chi connectivity index (χ3n) is 3.34. The summed E-state index contributed by atoms with van der Waals surface area (Å²) >= 11 is 0. The first kappa shape index (κ1) is 14.0. The number of carbonyl (C=O) groups excluding carboxylic acids is 1. The standard InChI is InChI=1S/C17H16N4O/c1-20(13-14-6-3-2-4-7-14)17(22)15-8-9-16(18-12-15)21-11-5-10-19-21/h2-12H,13H2,1H3. The van der Waals surface area contributed by atoms with Gasteiger partial charge in [-0.2, -0.15) is 5.10 Å². The number of carbonyl (C=O) groups is 1. The Labute approximate surface area is 128 Å². The van der Waals surface area contributed by atoms with Crippen LogP contribution in [0.5, 0.6) is 0 Å². The van der Waals surface area contributed by atoms with Gasteiger partial charge in [-0.25, -0.2) is 9.67 Å². The summed E-state index contributed by atoms with van der Waals surface area (Å²) in [6, 6.07) is 15.3. The monoisotopic (exact) mass is 292 g/mol. The van der Waals surface area contributed by atoms with Crippen molar-refractivity contribution in [2.75, 3.05) is 7.05 Å². The van der Waals surface area contributed by atoms with Gasteiger partial charge in [0.25, 0.3) is 5.91 Å². The lowest BCUT2D eigenvalue weighted by Crippen LogP contribution is -2.26. The van der Waals surface area contributed by atoms with Gasteiger partial charge in [-0.15, -0.1) is 0 Å². The molecule has 0 aliphatic rings. The Bertz CT molecular complexity index is 736. The van der Waals surface area contributed by atoms with E-state index in [1.165, 1.54) is 0 Å². The molecule has 0 spiro atoms. The van der Waals surface area contributed by atoms with Crippen molar-refractivity contribution in [1.29, 1.82) is 0 Å².